The molecule has 2 aliphatic heterocycles. The average molecular weight is 243 g/mol. The molecule has 0 radical (unpaired) electrons. The molecule has 2 aliphatic rings. The normalized spacial score (nSPS) is 32.1. The third-order valence-electron chi connectivity index (χ3n) is 3.52. The molecule has 6 heteroatoms. The number of carbonyl (C=O) groups is 2. The first-order valence-electron chi connectivity index (χ1n) is 5.77. The van der Waals surface area contributed by atoms with Crippen LogP contribution in [0.1, 0.15) is 19.3 Å². The Balaban J connectivity index is 2.01. The standard InChI is InChI=1S/C11H17NO5/c1-16-10(13)4-7-2-8-5-17-6-9(3-7)12(8)11(14)15/h7-9H,2-6H2,1H3,(H,14,15). The van der Waals surface area contributed by atoms with Gasteiger partial charge in [-0.05, 0) is 18.8 Å². The van der Waals surface area contributed by atoms with Gasteiger partial charge < -0.3 is 14.6 Å². The molecular weight excluding hydrogens is 226 g/mol. The van der Waals surface area contributed by atoms with E-state index < -0.39 is 6.09 Å². The van der Waals surface area contributed by atoms with Crippen molar-refractivity contribution in [3.8, 4) is 0 Å². The second-order valence-corrected chi connectivity index (χ2v) is 4.65. The minimum atomic E-state index is -0.889. The van der Waals surface area contributed by atoms with Crippen LogP contribution in [0.4, 0.5) is 4.79 Å². The summed E-state index contributed by atoms with van der Waals surface area (Å²) in [6, 6.07) is -0.232. The van der Waals surface area contributed by atoms with Gasteiger partial charge in [-0.2, -0.15) is 0 Å². The Morgan fingerprint density at radius 3 is 2.41 bits per heavy atom. The quantitative estimate of drug-likeness (QED) is 0.723. The van der Waals surface area contributed by atoms with Gasteiger partial charge in [0.1, 0.15) is 0 Å². The first-order chi connectivity index (χ1) is 8.11. The van der Waals surface area contributed by atoms with E-state index in [9.17, 15) is 9.59 Å². The van der Waals surface area contributed by atoms with E-state index in [-0.39, 0.29) is 24.0 Å². The molecule has 2 heterocycles. The zero-order chi connectivity index (χ0) is 12.4. The van der Waals surface area contributed by atoms with Crippen molar-refractivity contribution in [2.45, 2.75) is 31.3 Å². The van der Waals surface area contributed by atoms with Gasteiger partial charge >= 0.3 is 12.1 Å². The number of nitrogens with zero attached hydrogens (tertiary/aromatic N) is 1. The summed E-state index contributed by atoms with van der Waals surface area (Å²) >= 11 is 0. The monoisotopic (exact) mass is 243 g/mol. The number of esters is 1. The smallest absolute Gasteiger partial charge is 0.407 e. The first kappa shape index (κ1) is 12.2. The van der Waals surface area contributed by atoms with Crippen molar-refractivity contribution >= 4 is 12.1 Å². The summed E-state index contributed by atoms with van der Waals surface area (Å²) in [5.41, 5.74) is 0. The van der Waals surface area contributed by atoms with E-state index in [1.165, 1.54) is 12.0 Å². The number of amides is 1. The van der Waals surface area contributed by atoms with Gasteiger partial charge in [-0.25, -0.2) is 4.79 Å². The molecule has 2 unspecified atom stereocenters. The van der Waals surface area contributed by atoms with Gasteiger partial charge in [-0.15, -0.1) is 0 Å². The number of rotatable bonds is 2. The number of ether oxygens (including phenoxy) is 2. The highest BCUT2D eigenvalue weighted by Crippen LogP contribution is 2.33. The molecule has 2 bridgehead atoms. The lowest BCUT2D eigenvalue weighted by molar-refractivity contribution is -0.143. The molecule has 1 N–H and O–H groups in total. The molecular formula is C11H17NO5. The van der Waals surface area contributed by atoms with Crippen molar-refractivity contribution in [3.05, 3.63) is 0 Å². The number of hydrogen-bond acceptors (Lipinski definition) is 4. The molecule has 17 heavy (non-hydrogen) atoms. The molecule has 6 nitrogen and oxygen atoms in total. The van der Waals surface area contributed by atoms with Gasteiger partial charge in [-0.3, -0.25) is 9.69 Å². The molecule has 0 aromatic carbocycles. The molecule has 0 aliphatic carbocycles. The van der Waals surface area contributed by atoms with E-state index in [2.05, 4.69) is 4.74 Å². The van der Waals surface area contributed by atoms with Crippen LogP contribution in [0, 0.1) is 5.92 Å². The van der Waals surface area contributed by atoms with Gasteiger partial charge in [-0.1, -0.05) is 0 Å². The van der Waals surface area contributed by atoms with Crippen molar-refractivity contribution in [2.75, 3.05) is 20.3 Å². The Labute approximate surface area is 99.5 Å². The third kappa shape index (κ3) is 2.52. The molecule has 96 valence electrons. The Morgan fingerprint density at radius 1 is 1.35 bits per heavy atom. The van der Waals surface area contributed by atoms with Crippen LogP contribution in [0.5, 0.6) is 0 Å². The number of carboxylic acid groups (broad SMARTS) is 1. The van der Waals surface area contributed by atoms with Crippen LogP contribution in [0.25, 0.3) is 0 Å². The predicted octanol–water partition coefficient (Wildman–Crippen LogP) is 0.707. The summed E-state index contributed by atoms with van der Waals surface area (Å²) in [4.78, 5) is 23.8. The number of hydrogen-bond donors (Lipinski definition) is 1. The lowest BCUT2D eigenvalue weighted by Gasteiger charge is -2.46. The van der Waals surface area contributed by atoms with E-state index in [0.717, 1.165) is 0 Å². The number of fused-ring (bicyclic) bond motifs is 2. The lowest BCUT2D eigenvalue weighted by atomic mass is 9.83. The van der Waals surface area contributed by atoms with Crippen LogP contribution in [-0.2, 0) is 14.3 Å². The van der Waals surface area contributed by atoms with Crippen LogP contribution in [0.3, 0.4) is 0 Å². The number of morpholine rings is 1. The Hall–Kier alpha value is -1.30. The van der Waals surface area contributed by atoms with E-state index in [1.54, 1.807) is 0 Å². The van der Waals surface area contributed by atoms with E-state index in [4.69, 9.17) is 9.84 Å². The zero-order valence-electron chi connectivity index (χ0n) is 9.80. The molecule has 0 saturated carbocycles. The molecule has 2 saturated heterocycles. The molecule has 1 amide bonds. The maximum atomic E-state index is 11.2. The van der Waals surface area contributed by atoms with Crippen LogP contribution in [0.15, 0.2) is 0 Å². The van der Waals surface area contributed by atoms with Crippen molar-refractivity contribution in [3.63, 3.8) is 0 Å². The van der Waals surface area contributed by atoms with E-state index in [0.29, 0.717) is 32.5 Å². The number of methoxy groups -OCH3 is 1. The van der Waals surface area contributed by atoms with Gasteiger partial charge in [0, 0.05) is 6.42 Å². The van der Waals surface area contributed by atoms with Gasteiger partial charge in [0.05, 0.1) is 32.4 Å². The zero-order valence-corrected chi connectivity index (χ0v) is 9.80. The first-order valence-corrected chi connectivity index (χ1v) is 5.77. The maximum absolute atomic E-state index is 11.2. The van der Waals surface area contributed by atoms with Crippen molar-refractivity contribution in [1.29, 1.82) is 0 Å². The Bertz CT molecular complexity index is 305. The number of piperidine rings is 1. The molecule has 2 rings (SSSR count). The topological polar surface area (TPSA) is 76.1 Å². The average Bonchev–Trinajstić information content (AvgIpc) is 2.27. The minimum absolute atomic E-state index is 0.116. The van der Waals surface area contributed by atoms with Crippen LogP contribution < -0.4 is 0 Å². The van der Waals surface area contributed by atoms with Crippen molar-refractivity contribution in [1.82, 2.24) is 4.90 Å². The van der Waals surface area contributed by atoms with Crippen LogP contribution >= 0.6 is 0 Å². The SMILES string of the molecule is COC(=O)CC1CC2COCC(C1)N2C(=O)O. The Kier molecular flexibility index (Phi) is 3.51. The molecule has 0 aromatic rings. The summed E-state index contributed by atoms with van der Waals surface area (Å²) in [6.45, 7) is 0.862. The molecule has 0 spiro atoms. The van der Waals surface area contributed by atoms with E-state index in [1.807, 2.05) is 0 Å². The second kappa shape index (κ2) is 4.91. The fourth-order valence-electron chi connectivity index (χ4n) is 2.83. The van der Waals surface area contributed by atoms with Crippen LogP contribution in [0.2, 0.25) is 0 Å². The summed E-state index contributed by atoms with van der Waals surface area (Å²) in [6.07, 6.45) is 0.840. The van der Waals surface area contributed by atoms with Crippen molar-refractivity contribution < 1.29 is 24.2 Å². The van der Waals surface area contributed by atoms with Gasteiger partial charge in [0.25, 0.3) is 0 Å². The second-order valence-electron chi connectivity index (χ2n) is 4.65. The fourth-order valence-corrected chi connectivity index (χ4v) is 2.83. The molecule has 2 fully saturated rings. The maximum Gasteiger partial charge on any atom is 0.407 e. The van der Waals surface area contributed by atoms with Crippen LogP contribution in [-0.4, -0.2) is 54.5 Å². The van der Waals surface area contributed by atoms with Gasteiger partial charge in [0.2, 0.25) is 0 Å². The molecule has 0 aromatic heterocycles. The summed E-state index contributed by atoms with van der Waals surface area (Å²) in [7, 11) is 1.37. The van der Waals surface area contributed by atoms with Crippen molar-refractivity contribution in [2.24, 2.45) is 5.92 Å². The highest BCUT2D eigenvalue weighted by Gasteiger charge is 2.42. The largest absolute Gasteiger partial charge is 0.469 e. The minimum Gasteiger partial charge on any atom is -0.469 e. The van der Waals surface area contributed by atoms with Gasteiger partial charge in [0.15, 0.2) is 0 Å². The molecule has 2 atom stereocenters. The number of carbonyl (C=O) groups excluding carboxylic acids is 1. The summed E-state index contributed by atoms with van der Waals surface area (Å²) in [5.74, 6) is -0.0188. The fraction of sp³-hybridized carbons (Fsp3) is 0.818. The summed E-state index contributed by atoms with van der Waals surface area (Å²) in [5, 5.41) is 9.14. The Morgan fingerprint density at radius 2 is 1.94 bits per heavy atom. The highest BCUT2D eigenvalue weighted by atomic mass is 16.5. The van der Waals surface area contributed by atoms with E-state index >= 15 is 0 Å². The third-order valence-corrected chi connectivity index (χ3v) is 3.52. The summed E-state index contributed by atoms with van der Waals surface area (Å²) < 4.78 is 10.0. The lowest BCUT2D eigenvalue weighted by Crippen LogP contribution is -2.58. The highest BCUT2D eigenvalue weighted by molar-refractivity contribution is 5.70. The predicted molar refractivity (Wildman–Crippen MR) is 57.6 cm³/mol.